The molecule has 2 N–H and O–H groups in total. The fraction of sp³-hybridized carbons (Fsp3) is 0.286. The SMILES string of the molecule is CC(C)(C)OC(=O)N(N)c1ccc(-c2ocnc2I)cc1. The van der Waals surface area contributed by atoms with Gasteiger partial charge in [0.2, 0.25) is 0 Å². The van der Waals surface area contributed by atoms with Crippen LogP contribution in [0.15, 0.2) is 35.1 Å². The molecule has 2 rings (SSSR count). The third-order valence-corrected chi connectivity index (χ3v) is 3.29. The van der Waals surface area contributed by atoms with Crippen LogP contribution in [0, 0.1) is 3.70 Å². The first-order chi connectivity index (χ1) is 9.78. The van der Waals surface area contributed by atoms with Crippen LogP contribution in [0.1, 0.15) is 20.8 Å². The number of carbonyl (C=O) groups is 1. The van der Waals surface area contributed by atoms with Gasteiger partial charge in [-0.1, -0.05) is 0 Å². The summed E-state index contributed by atoms with van der Waals surface area (Å²) in [5, 5.41) is 0.973. The van der Waals surface area contributed by atoms with Crippen molar-refractivity contribution < 1.29 is 13.9 Å². The maximum atomic E-state index is 11.9. The Hall–Kier alpha value is -1.61. The molecule has 112 valence electrons. The Labute approximate surface area is 136 Å². The summed E-state index contributed by atoms with van der Waals surface area (Å²) in [6.07, 6.45) is 0.783. The number of benzene rings is 1. The molecule has 0 atom stereocenters. The number of nitrogens with zero attached hydrogens (tertiary/aromatic N) is 2. The number of hydrogen-bond donors (Lipinski definition) is 1. The van der Waals surface area contributed by atoms with E-state index in [1.807, 2.05) is 12.1 Å². The summed E-state index contributed by atoms with van der Waals surface area (Å²) in [5.41, 5.74) is 0.797. The molecule has 1 amide bonds. The van der Waals surface area contributed by atoms with Gasteiger partial charge in [0.25, 0.3) is 0 Å². The molecule has 1 heterocycles. The van der Waals surface area contributed by atoms with E-state index in [1.165, 1.54) is 6.39 Å². The van der Waals surface area contributed by atoms with Crippen molar-refractivity contribution in [3.63, 3.8) is 0 Å². The van der Waals surface area contributed by atoms with Crippen molar-refractivity contribution in [1.82, 2.24) is 4.98 Å². The second-order valence-electron chi connectivity index (χ2n) is 5.37. The van der Waals surface area contributed by atoms with E-state index in [2.05, 4.69) is 27.6 Å². The standard InChI is InChI=1S/C14H16IN3O3/c1-14(2,3)21-13(19)18(16)10-6-4-9(5-7-10)11-12(15)17-8-20-11/h4-8H,16H2,1-3H3. The normalized spacial score (nSPS) is 11.3. The molecule has 0 aliphatic carbocycles. The lowest BCUT2D eigenvalue weighted by Crippen LogP contribution is -2.41. The smallest absolute Gasteiger partial charge is 0.429 e. The molecule has 0 spiro atoms. The van der Waals surface area contributed by atoms with Crippen molar-refractivity contribution in [2.24, 2.45) is 5.84 Å². The predicted molar refractivity (Wildman–Crippen MR) is 87.6 cm³/mol. The van der Waals surface area contributed by atoms with Crippen LogP contribution in [-0.2, 0) is 4.74 Å². The first-order valence-corrected chi connectivity index (χ1v) is 7.33. The second kappa shape index (κ2) is 6.02. The minimum absolute atomic E-state index is 0.530. The molecule has 1 aromatic heterocycles. The maximum absolute atomic E-state index is 11.9. The highest BCUT2D eigenvalue weighted by molar-refractivity contribution is 14.1. The summed E-state index contributed by atoms with van der Waals surface area (Å²) >= 11 is 2.09. The van der Waals surface area contributed by atoms with Gasteiger partial charge in [-0.15, -0.1) is 0 Å². The van der Waals surface area contributed by atoms with Gasteiger partial charge >= 0.3 is 6.09 Å². The monoisotopic (exact) mass is 401 g/mol. The number of anilines is 1. The Balaban J connectivity index is 2.15. The zero-order chi connectivity index (χ0) is 15.6. The quantitative estimate of drug-likeness (QED) is 0.360. The van der Waals surface area contributed by atoms with Crippen molar-refractivity contribution in [2.45, 2.75) is 26.4 Å². The first kappa shape index (κ1) is 15.8. The van der Waals surface area contributed by atoms with Gasteiger partial charge in [0.15, 0.2) is 12.2 Å². The zero-order valence-electron chi connectivity index (χ0n) is 12.0. The van der Waals surface area contributed by atoms with Crippen LogP contribution in [-0.4, -0.2) is 16.7 Å². The lowest BCUT2D eigenvalue weighted by molar-refractivity contribution is 0.0580. The fourth-order valence-electron chi connectivity index (χ4n) is 1.61. The Morgan fingerprint density at radius 3 is 2.43 bits per heavy atom. The average Bonchev–Trinajstić information content (AvgIpc) is 2.82. The Kier molecular flexibility index (Phi) is 4.52. The van der Waals surface area contributed by atoms with E-state index in [1.54, 1.807) is 32.9 Å². The number of nitrogens with two attached hydrogens (primary N) is 1. The molecule has 1 aromatic carbocycles. The maximum Gasteiger partial charge on any atom is 0.429 e. The molecular formula is C14H16IN3O3. The zero-order valence-corrected chi connectivity index (χ0v) is 14.1. The van der Waals surface area contributed by atoms with Crippen LogP contribution >= 0.6 is 22.6 Å². The van der Waals surface area contributed by atoms with E-state index in [-0.39, 0.29) is 0 Å². The highest BCUT2D eigenvalue weighted by Gasteiger charge is 2.21. The van der Waals surface area contributed by atoms with Crippen molar-refractivity contribution in [1.29, 1.82) is 0 Å². The van der Waals surface area contributed by atoms with E-state index in [0.717, 1.165) is 14.3 Å². The van der Waals surface area contributed by atoms with Crippen LogP contribution in [0.5, 0.6) is 0 Å². The molecule has 0 bridgehead atoms. The minimum atomic E-state index is -0.607. The van der Waals surface area contributed by atoms with Gasteiger partial charge in [-0.3, -0.25) is 0 Å². The summed E-state index contributed by atoms with van der Waals surface area (Å²) in [6, 6.07) is 7.06. The van der Waals surface area contributed by atoms with E-state index >= 15 is 0 Å². The van der Waals surface area contributed by atoms with Gasteiger partial charge in [-0.25, -0.2) is 20.6 Å². The van der Waals surface area contributed by atoms with E-state index in [4.69, 9.17) is 15.0 Å². The van der Waals surface area contributed by atoms with Crippen LogP contribution in [0.25, 0.3) is 11.3 Å². The highest BCUT2D eigenvalue weighted by Crippen LogP contribution is 2.26. The van der Waals surface area contributed by atoms with Gasteiger partial charge in [0.1, 0.15) is 9.30 Å². The minimum Gasteiger partial charge on any atom is -0.442 e. The summed E-state index contributed by atoms with van der Waals surface area (Å²) in [5.74, 6) is 6.45. The van der Waals surface area contributed by atoms with E-state index in [9.17, 15) is 4.79 Å². The summed E-state index contributed by atoms with van der Waals surface area (Å²) in [6.45, 7) is 5.36. The third kappa shape index (κ3) is 3.94. The summed E-state index contributed by atoms with van der Waals surface area (Å²) < 4.78 is 11.3. The van der Waals surface area contributed by atoms with Gasteiger partial charge in [0.05, 0.1) is 5.69 Å². The Bertz CT molecular complexity index is 632. The van der Waals surface area contributed by atoms with Gasteiger partial charge < -0.3 is 9.15 Å². The molecule has 0 saturated carbocycles. The summed E-state index contributed by atoms with van der Waals surface area (Å²) in [7, 11) is 0. The topological polar surface area (TPSA) is 81.6 Å². The number of ether oxygens (including phenoxy) is 1. The molecule has 2 aromatic rings. The first-order valence-electron chi connectivity index (χ1n) is 6.25. The number of oxazole rings is 1. The average molecular weight is 401 g/mol. The molecule has 6 nitrogen and oxygen atoms in total. The van der Waals surface area contributed by atoms with Crippen molar-refractivity contribution in [2.75, 3.05) is 5.01 Å². The molecule has 0 saturated heterocycles. The Morgan fingerprint density at radius 2 is 1.95 bits per heavy atom. The molecule has 0 aliphatic heterocycles. The van der Waals surface area contributed by atoms with Gasteiger partial charge in [-0.05, 0) is 67.6 Å². The number of hydrazine groups is 1. The lowest BCUT2D eigenvalue weighted by atomic mass is 10.1. The highest BCUT2D eigenvalue weighted by atomic mass is 127. The number of aromatic nitrogens is 1. The van der Waals surface area contributed by atoms with Crippen molar-refractivity contribution in [3.8, 4) is 11.3 Å². The Morgan fingerprint density at radius 1 is 1.33 bits per heavy atom. The van der Waals surface area contributed by atoms with E-state index in [0.29, 0.717) is 11.4 Å². The molecule has 0 unspecified atom stereocenters. The van der Waals surface area contributed by atoms with Gasteiger partial charge in [-0.2, -0.15) is 0 Å². The molecule has 0 radical (unpaired) electrons. The van der Waals surface area contributed by atoms with Gasteiger partial charge in [0, 0.05) is 5.56 Å². The van der Waals surface area contributed by atoms with Crippen LogP contribution in [0.2, 0.25) is 0 Å². The van der Waals surface area contributed by atoms with E-state index < -0.39 is 11.7 Å². The number of amides is 1. The fourth-order valence-corrected chi connectivity index (χ4v) is 2.16. The van der Waals surface area contributed by atoms with Crippen molar-refractivity contribution >= 4 is 34.4 Å². The van der Waals surface area contributed by atoms with Crippen LogP contribution < -0.4 is 10.9 Å². The number of carbonyl (C=O) groups excluding carboxylic acids is 1. The largest absolute Gasteiger partial charge is 0.442 e. The number of hydrogen-bond acceptors (Lipinski definition) is 5. The number of halogens is 1. The van der Waals surface area contributed by atoms with Crippen LogP contribution in [0.3, 0.4) is 0 Å². The predicted octanol–water partition coefficient (Wildman–Crippen LogP) is 3.56. The lowest BCUT2D eigenvalue weighted by Gasteiger charge is -2.24. The molecular weight excluding hydrogens is 385 g/mol. The molecule has 21 heavy (non-hydrogen) atoms. The molecule has 7 heteroatoms. The number of rotatable bonds is 2. The molecule has 0 fully saturated rings. The molecule has 0 aliphatic rings. The summed E-state index contributed by atoms with van der Waals surface area (Å²) in [4.78, 5) is 15.9. The third-order valence-electron chi connectivity index (χ3n) is 2.52. The van der Waals surface area contributed by atoms with Crippen molar-refractivity contribution in [3.05, 3.63) is 34.4 Å². The second-order valence-corrected chi connectivity index (χ2v) is 6.39. The van der Waals surface area contributed by atoms with Crippen LogP contribution in [0.4, 0.5) is 10.5 Å².